The number of nitrogens with one attached hydrogen (secondary N) is 1. The van der Waals surface area contributed by atoms with E-state index in [1.54, 1.807) is 0 Å². The van der Waals surface area contributed by atoms with E-state index in [-0.39, 0.29) is 6.61 Å². The lowest BCUT2D eigenvalue weighted by molar-refractivity contribution is 0.273. The smallest absolute Gasteiger partial charge is 0.123 e. The Morgan fingerprint density at radius 1 is 1.53 bits per heavy atom. The van der Waals surface area contributed by atoms with E-state index in [9.17, 15) is 4.39 Å². The van der Waals surface area contributed by atoms with Crippen molar-refractivity contribution in [1.29, 1.82) is 0 Å². The van der Waals surface area contributed by atoms with Gasteiger partial charge in [0.2, 0.25) is 0 Å². The van der Waals surface area contributed by atoms with E-state index in [4.69, 9.17) is 4.74 Å². The summed E-state index contributed by atoms with van der Waals surface area (Å²) in [5.74, 6) is 0.781. The summed E-state index contributed by atoms with van der Waals surface area (Å²) in [5, 5.41) is 3.28. The van der Waals surface area contributed by atoms with Gasteiger partial charge in [-0.05, 0) is 43.1 Å². The Labute approximate surface area is 89.4 Å². The third-order valence-corrected chi connectivity index (χ3v) is 2.89. The van der Waals surface area contributed by atoms with E-state index >= 15 is 0 Å². The molecule has 1 aliphatic carbocycles. The number of fused-ring (bicyclic) bond motifs is 1. The van der Waals surface area contributed by atoms with Gasteiger partial charge in [0.05, 0.1) is 0 Å². The minimum Gasteiger partial charge on any atom is -0.491 e. The Bertz CT molecular complexity index is 340. The van der Waals surface area contributed by atoms with Crippen molar-refractivity contribution >= 4 is 0 Å². The Balaban J connectivity index is 2.14. The molecule has 1 aromatic rings. The Kier molecular flexibility index (Phi) is 3.21. The highest BCUT2D eigenvalue weighted by Gasteiger charge is 2.20. The summed E-state index contributed by atoms with van der Waals surface area (Å²) in [6, 6.07) is 6.50. The Morgan fingerprint density at radius 3 is 3.13 bits per heavy atom. The van der Waals surface area contributed by atoms with Crippen molar-refractivity contribution in [3.8, 4) is 5.75 Å². The second-order valence-corrected chi connectivity index (χ2v) is 3.78. The van der Waals surface area contributed by atoms with Crippen LogP contribution in [0.25, 0.3) is 0 Å². The van der Waals surface area contributed by atoms with Gasteiger partial charge in [0, 0.05) is 6.04 Å². The van der Waals surface area contributed by atoms with Crippen molar-refractivity contribution < 1.29 is 9.13 Å². The SMILES string of the molecule is CNC1CCc2cc(OCCF)ccc21. The fourth-order valence-electron chi connectivity index (χ4n) is 2.14. The van der Waals surface area contributed by atoms with Crippen LogP contribution in [0.5, 0.6) is 5.75 Å². The van der Waals surface area contributed by atoms with E-state index in [0.29, 0.717) is 6.04 Å². The number of alkyl halides is 1. The van der Waals surface area contributed by atoms with Crippen LogP contribution in [0.1, 0.15) is 23.6 Å². The third-order valence-electron chi connectivity index (χ3n) is 2.89. The molecular formula is C12H16FNO. The molecule has 82 valence electrons. The molecule has 3 heteroatoms. The van der Waals surface area contributed by atoms with Gasteiger partial charge in [0.25, 0.3) is 0 Å². The zero-order valence-electron chi connectivity index (χ0n) is 8.92. The zero-order valence-corrected chi connectivity index (χ0v) is 8.92. The van der Waals surface area contributed by atoms with Gasteiger partial charge >= 0.3 is 0 Å². The lowest BCUT2D eigenvalue weighted by Crippen LogP contribution is -2.12. The molecule has 0 amide bonds. The second kappa shape index (κ2) is 4.62. The van der Waals surface area contributed by atoms with Crippen LogP contribution in [-0.2, 0) is 6.42 Å². The second-order valence-electron chi connectivity index (χ2n) is 3.78. The lowest BCUT2D eigenvalue weighted by Gasteiger charge is -2.10. The van der Waals surface area contributed by atoms with Crippen molar-refractivity contribution in [3.05, 3.63) is 29.3 Å². The van der Waals surface area contributed by atoms with Crippen LogP contribution in [-0.4, -0.2) is 20.3 Å². The minimum atomic E-state index is -0.434. The van der Waals surface area contributed by atoms with E-state index in [2.05, 4.69) is 11.4 Å². The molecule has 0 fully saturated rings. The molecule has 1 N–H and O–H groups in total. The van der Waals surface area contributed by atoms with E-state index < -0.39 is 6.67 Å². The normalized spacial score (nSPS) is 18.9. The predicted molar refractivity (Wildman–Crippen MR) is 58.0 cm³/mol. The van der Waals surface area contributed by atoms with Crippen molar-refractivity contribution in [2.45, 2.75) is 18.9 Å². The molecule has 1 aliphatic rings. The first-order valence-electron chi connectivity index (χ1n) is 5.34. The van der Waals surface area contributed by atoms with Crippen LogP contribution < -0.4 is 10.1 Å². The predicted octanol–water partition coefficient (Wildman–Crippen LogP) is 2.24. The molecule has 1 aromatic carbocycles. The van der Waals surface area contributed by atoms with Crippen LogP contribution in [0.2, 0.25) is 0 Å². The average Bonchev–Trinajstić information content (AvgIpc) is 2.68. The average molecular weight is 209 g/mol. The van der Waals surface area contributed by atoms with Crippen LogP contribution in [0.4, 0.5) is 4.39 Å². The van der Waals surface area contributed by atoms with E-state index in [0.717, 1.165) is 18.6 Å². The molecule has 0 bridgehead atoms. The Hall–Kier alpha value is -1.09. The first-order chi connectivity index (χ1) is 7.35. The van der Waals surface area contributed by atoms with Gasteiger partial charge < -0.3 is 10.1 Å². The number of hydrogen-bond acceptors (Lipinski definition) is 2. The molecule has 0 radical (unpaired) electrons. The summed E-state index contributed by atoms with van der Waals surface area (Å²) in [6.07, 6.45) is 2.21. The highest BCUT2D eigenvalue weighted by atomic mass is 19.1. The highest BCUT2D eigenvalue weighted by molar-refractivity contribution is 5.40. The first-order valence-corrected chi connectivity index (χ1v) is 5.34. The molecule has 2 rings (SSSR count). The molecule has 0 heterocycles. The molecule has 0 aromatic heterocycles. The van der Waals surface area contributed by atoms with Crippen LogP contribution >= 0.6 is 0 Å². The summed E-state index contributed by atoms with van der Waals surface area (Å²) >= 11 is 0. The van der Waals surface area contributed by atoms with E-state index in [1.165, 1.54) is 11.1 Å². The number of benzene rings is 1. The maximum absolute atomic E-state index is 11.9. The molecule has 2 nitrogen and oxygen atoms in total. The van der Waals surface area contributed by atoms with Gasteiger partial charge in [0.15, 0.2) is 0 Å². The number of halogens is 1. The van der Waals surface area contributed by atoms with Crippen molar-refractivity contribution in [1.82, 2.24) is 5.32 Å². The third kappa shape index (κ3) is 2.12. The topological polar surface area (TPSA) is 21.3 Å². The van der Waals surface area contributed by atoms with E-state index in [1.807, 2.05) is 19.2 Å². The summed E-state index contributed by atoms with van der Waals surface area (Å²) in [7, 11) is 1.98. The standard InChI is InChI=1S/C12H16FNO/c1-14-12-5-2-9-8-10(15-7-6-13)3-4-11(9)12/h3-4,8,12,14H,2,5-7H2,1H3. The summed E-state index contributed by atoms with van der Waals surface area (Å²) < 4.78 is 17.2. The fraction of sp³-hybridized carbons (Fsp3) is 0.500. The van der Waals surface area contributed by atoms with Crippen LogP contribution in [0, 0.1) is 0 Å². The highest BCUT2D eigenvalue weighted by Crippen LogP contribution is 2.33. The van der Waals surface area contributed by atoms with Crippen molar-refractivity contribution in [3.63, 3.8) is 0 Å². The van der Waals surface area contributed by atoms with Gasteiger partial charge in [-0.3, -0.25) is 0 Å². The maximum atomic E-state index is 11.9. The first kappa shape index (κ1) is 10.4. The summed E-state index contributed by atoms with van der Waals surface area (Å²) in [6.45, 7) is -0.287. The van der Waals surface area contributed by atoms with Crippen LogP contribution in [0.15, 0.2) is 18.2 Å². The van der Waals surface area contributed by atoms with Gasteiger partial charge in [-0.2, -0.15) is 0 Å². The lowest BCUT2D eigenvalue weighted by atomic mass is 10.1. The van der Waals surface area contributed by atoms with Gasteiger partial charge in [0.1, 0.15) is 19.0 Å². The Morgan fingerprint density at radius 2 is 2.40 bits per heavy atom. The number of aryl methyl sites for hydroxylation is 1. The zero-order chi connectivity index (χ0) is 10.7. The van der Waals surface area contributed by atoms with Crippen molar-refractivity contribution in [2.75, 3.05) is 20.3 Å². The quantitative estimate of drug-likeness (QED) is 0.821. The molecule has 0 spiro atoms. The van der Waals surface area contributed by atoms with Gasteiger partial charge in [-0.25, -0.2) is 4.39 Å². The number of rotatable bonds is 4. The monoisotopic (exact) mass is 209 g/mol. The molecular weight excluding hydrogens is 193 g/mol. The van der Waals surface area contributed by atoms with Gasteiger partial charge in [-0.1, -0.05) is 6.07 Å². The minimum absolute atomic E-state index is 0.147. The van der Waals surface area contributed by atoms with Crippen LogP contribution in [0.3, 0.4) is 0 Å². The van der Waals surface area contributed by atoms with Crippen molar-refractivity contribution in [2.24, 2.45) is 0 Å². The summed E-state index contributed by atoms with van der Waals surface area (Å²) in [5.41, 5.74) is 2.68. The molecule has 15 heavy (non-hydrogen) atoms. The molecule has 1 unspecified atom stereocenters. The molecule has 1 atom stereocenters. The molecule has 0 saturated carbocycles. The maximum Gasteiger partial charge on any atom is 0.123 e. The number of hydrogen-bond donors (Lipinski definition) is 1. The summed E-state index contributed by atoms with van der Waals surface area (Å²) in [4.78, 5) is 0. The molecule has 0 saturated heterocycles. The van der Waals surface area contributed by atoms with Gasteiger partial charge in [-0.15, -0.1) is 0 Å². The fourth-order valence-corrected chi connectivity index (χ4v) is 2.14. The number of ether oxygens (including phenoxy) is 1. The molecule has 0 aliphatic heterocycles. The largest absolute Gasteiger partial charge is 0.491 e.